The molecule has 2 rings (SSSR count). The molecule has 8 heteroatoms. The van der Waals surface area contributed by atoms with E-state index in [0.717, 1.165) is 17.9 Å². The van der Waals surface area contributed by atoms with Gasteiger partial charge in [0, 0.05) is 31.6 Å². The third-order valence-electron chi connectivity index (χ3n) is 4.42. The average Bonchev–Trinajstić information content (AvgIpc) is 2.91. The van der Waals surface area contributed by atoms with E-state index in [1.54, 1.807) is 0 Å². The molecule has 26 heavy (non-hydrogen) atoms. The Balaban J connectivity index is 1.98. The van der Waals surface area contributed by atoms with Gasteiger partial charge in [-0.2, -0.15) is 4.31 Å². The second-order valence-electron chi connectivity index (χ2n) is 7.03. The molecule has 7 nitrogen and oxygen atoms in total. The van der Waals surface area contributed by atoms with Crippen LogP contribution in [0.15, 0.2) is 24.3 Å². The van der Waals surface area contributed by atoms with Gasteiger partial charge in [-0.3, -0.25) is 4.79 Å². The Morgan fingerprint density at radius 2 is 1.92 bits per heavy atom. The van der Waals surface area contributed by atoms with Crippen LogP contribution in [-0.2, 0) is 21.2 Å². The number of nitrogens with zero attached hydrogens (tertiary/aromatic N) is 2. The number of rotatable bonds is 8. The van der Waals surface area contributed by atoms with Gasteiger partial charge in [-0.05, 0) is 38.7 Å². The number of ether oxygens (including phenoxy) is 1. The molecular weight excluding hydrogens is 354 g/mol. The van der Waals surface area contributed by atoms with Gasteiger partial charge in [0.05, 0.1) is 19.3 Å². The summed E-state index contributed by atoms with van der Waals surface area (Å²) in [5.41, 5.74) is 0.896. The van der Waals surface area contributed by atoms with Crippen LogP contribution in [0.5, 0.6) is 5.75 Å². The number of carbonyl (C=O) groups is 1. The van der Waals surface area contributed by atoms with Crippen molar-refractivity contribution in [3.8, 4) is 5.75 Å². The van der Waals surface area contributed by atoms with Crippen molar-refractivity contribution in [3.63, 3.8) is 0 Å². The summed E-state index contributed by atoms with van der Waals surface area (Å²) < 4.78 is 30.6. The molecule has 146 valence electrons. The summed E-state index contributed by atoms with van der Waals surface area (Å²) in [5.74, 6) is 0.754. The third kappa shape index (κ3) is 5.96. The van der Waals surface area contributed by atoms with Gasteiger partial charge in [-0.15, -0.1) is 0 Å². The van der Waals surface area contributed by atoms with Crippen molar-refractivity contribution in [3.05, 3.63) is 29.8 Å². The van der Waals surface area contributed by atoms with Crippen LogP contribution in [0.2, 0.25) is 0 Å². The van der Waals surface area contributed by atoms with Crippen molar-refractivity contribution in [2.45, 2.75) is 19.4 Å². The monoisotopic (exact) mass is 383 g/mol. The molecule has 1 aliphatic heterocycles. The minimum Gasteiger partial charge on any atom is -0.494 e. The topological polar surface area (TPSA) is 79.0 Å². The Kier molecular flexibility index (Phi) is 7.02. The van der Waals surface area contributed by atoms with Crippen molar-refractivity contribution in [1.82, 2.24) is 14.5 Å². The van der Waals surface area contributed by atoms with E-state index in [1.165, 1.54) is 10.6 Å². The van der Waals surface area contributed by atoms with E-state index in [1.807, 2.05) is 50.2 Å². The Labute approximate surface area is 156 Å². The quantitative estimate of drug-likeness (QED) is 0.710. The van der Waals surface area contributed by atoms with Crippen LogP contribution in [0.1, 0.15) is 12.5 Å². The molecule has 0 unspecified atom stereocenters. The maximum atomic E-state index is 12.4. The maximum Gasteiger partial charge on any atom is 0.224 e. The highest BCUT2D eigenvalue weighted by Crippen LogP contribution is 2.21. The van der Waals surface area contributed by atoms with Gasteiger partial charge in [0.2, 0.25) is 15.9 Å². The van der Waals surface area contributed by atoms with Gasteiger partial charge in [0.25, 0.3) is 0 Å². The Bertz CT molecular complexity index is 704. The molecule has 1 aliphatic rings. The van der Waals surface area contributed by atoms with Gasteiger partial charge in [0.1, 0.15) is 5.75 Å². The number of nitrogens with one attached hydrogen (secondary N) is 1. The average molecular weight is 384 g/mol. The highest BCUT2D eigenvalue weighted by molar-refractivity contribution is 7.88. The van der Waals surface area contributed by atoms with Crippen LogP contribution < -0.4 is 10.1 Å². The maximum absolute atomic E-state index is 12.4. The molecule has 0 radical (unpaired) electrons. The van der Waals surface area contributed by atoms with Crippen molar-refractivity contribution in [2.24, 2.45) is 5.92 Å². The minimum absolute atomic E-state index is 0.0732. The van der Waals surface area contributed by atoms with Crippen LogP contribution >= 0.6 is 0 Å². The highest BCUT2D eigenvalue weighted by Gasteiger charge is 2.37. The van der Waals surface area contributed by atoms with Crippen molar-refractivity contribution >= 4 is 15.9 Å². The first-order valence-corrected chi connectivity index (χ1v) is 10.6. The molecule has 1 heterocycles. The van der Waals surface area contributed by atoms with E-state index >= 15 is 0 Å². The summed E-state index contributed by atoms with van der Waals surface area (Å²) in [7, 11) is 0.633. The highest BCUT2D eigenvalue weighted by atomic mass is 32.2. The molecule has 0 aromatic heterocycles. The first kappa shape index (κ1) is 20.7. The first-order chi connectivity index (χ1) is 12.2. The fraction of sp³-hybridized carbons (Fsp3) is 0.611. The van der Waals surface area contributed by atoms with Crippen molar-refractivity contribution < 1.29 is 17.9 Å². The normalized spacial score (nSPS) is 21.1. The summed E-state index contributed by atoms with van der Waals surface area (Å²) in [6, 6.07) is 7.27. The molecule has 1 saturated heterocycles. The second kappa shape index (κ2) is 8.83. The van der Waals surface area contributed by atoms with E-state index in [9.17, 15) is 13.2 Å². The van der Waals surface area contributed by atoms with Crippen LogP contribution in [0, 0.1) is 5.92 Å². The molecule has 0 saturated carbocycles. The summed E-state index contributed by atoms with van der Waals surface area (Å²) in [5, 5.41) is 3.02. The molecule has 0 aliphatic carbocycles. The second-order valence-corrected chi connectivity index (χ2v) is 9.01. The van der Waals surface area contributed by atoms with Crippen LogP contribution in [-0.4, -0.2) is 76.2 Å². The minimum atomic E-state index is -3.26. The molecule has 1 N–H and O–H groups in total. The number of hydrogen-bond acceptors (Lipinski definition) is 5. The fourth-order valence-electron chi connectivity index (χ4n) is 3.23. The SMILES string of the molecule is CCOc1ccc(CC(=O)N[C@@H]2CN(S(C)(=O)=O)C[C@H]2CN(C)C)cc1. The zero-order chi connectivity index (χ0) is 19.3. The Morgan fingerprint density at radius 1 is 1.27 bits per heavy atom. The van der Waals surface area contributed by atoms with Gasteiger partial charge >= 0.3 is 0 Å². The number of hydrogen-bond donors (Lipinski definition) is 1. The third-order valence-corrected chi connectivity index (χ3v) is 5.66. The van der Waals surface area contributed by atoms with Gasteiger partial charge in [-0.25, -0.2) is 8.42 Å². The zero-order valence-electron chi connectivity index (χ0n) is 15.9. The molecule has 0 bridgehead atoms. The van der Waals surface area contributed by atoms with Crippen molar-refractivity contribution in [1.29, 1.82) is 0 Å². The van der Waals surface area contributed by atoms with Gasteiger partial charge < -0.3 is 15.0 Å². The fourth-order valence-corrected chi connectivity index (χ4v) is 4.13. The molecule has 1 aromatic rings. The predicted molar refractivity (Wildman–Crippen MR) is 102 cm³/mol. The summed E-state index contributed by atoms with van der Waals surface area (Å²) in [4.78, 5) is 14.5. The summed E-state index contributed by atoms with van der Waals surface area (Å²) >= 11 is 0. The lowest BCUT2D eigenvalue weighted by molar-refractivity contribution is -0.121. The molecular formula is C18H29N3O4S. The molecule has 2 atom stereocenters. The van der Waals surface area contributed by atoms with Crippen LogP contribution in [0.4, 0.5) is 0 Å². The Morgan fingerprint density at radius 3 is 2.46 bits per heavy atom. The van der Waals surface area contributed by atoms with Gasteiger partial charge in [-0.1, -0.05) is 12.1 Å². The molecule has 0 spiro atoms. The number of amides is 1. The summed E-state index contributed by atoms with van der Waals surface area (Å²) in [6.07, 6.45) is 1.47. The largest absolute Gasteiger partial charge is 0.494 e. The lowest BCUT2D eigenvalue weighted by Gasteiger charge is -2.22. The summed E-state index contributed by atoms with van der Waals surface area (Å²) in [6.45, 7) is 4.01. The van der Waals surface area contributed by atoms with Crippen molar-refractivity contribution in [2.75, 3.05) is 46.6 Å². The lowest BCUT2D eigenvalue weighted by atomic mass is 10.0. The zero-order valence-corrected chi connectivity index (χ0v) is 16.8. The number of sulfonamides is 1. The van der Waals surface area contributed by atoms with Gasteiger partial charge in [0.15, 0.2) is 0 Å². The first-order valence-electron chi connectivity index (χ1n) is 8.80. The Hall–Kier alpha value is -1.64. The van der Waals surface area contributed by atoms with Crippen LogP contribution in [0.3, 0.4) is 0 Å². The number of carbonyl (C=O) groups excluding carboxylic acids is 1. The van der Waals surface area contributed by atoms with E-state index in [0.29, 0.717) is 19.7 Å². The molecule has 1 amide bonds. The van der Waals surface area contributed by atoms with E-state index in [4.69, 9.17) is 4.74 Å². The van der Waals surface area contributed by atoms with E-state index < -0.39 is 10.0 Å². The van der Waals surface area contributed by atoms with E-state index in [-0.39, 0.29) is 24.3 Å². The van der Waals surface area contributed by atoms with E-state index in [2.05, 4.69) is 5.32 Å². The molecule has 1 fully saturated rings. The smallest absolute Gasteiger partial charge is 0.224 e. The number of benzene rings is 1. The standard InChI is InChI=1S/C18H29N3O4S/c1-5-25-16-8-6-14(7-9-16)10-18(22)19-17-13-21(26(4,23)24)12-15(17)11-20(2)3/h6-9,15,17H,5,10-13H2,1-4H3,(H,19,22)/t15-,17-/m1/s1. The molecule has 1 aromatic carbocycles. The van der Waals surface area contributed by atoms with Crippen LogP contribution in [0.25, 0.3) is 0 Å². The predicted octanol–water partition coefficient (Wildman–Crippen LogP) is 0.566. The lowest BCUT2D eigenvalue weighted by Crippen LogP contribution is -2.44.